The largest absolute Gasteiger partial charge is 0.491 e. The van der Waals surface area contributed by atoms with Crippen molar-refractivity contribution in [3.8, 4) is 0 Å². The summed E-state index contributed by atoms with van der Waals surface area (Å²) in [5.74, 6) is 0.128. The molecule has 0 spiro atoms. The minimum absolute atomic E-state index is 0.0150. The Bertz CT molecular complexity index is 969. The van der Waals surface area contributed by atoms with Crippen LogP contribution in [0, 0.1) is 0 Å². The zero-order valence-corrected chi connectivity index (χ0v) is 20.3. The van der Waals surface area contributed by atoms with Crippen molar-refractivity contribution >= 4 is 38.8 Å². The van der Waals surface area contributed by atoms with Crippen LogP contribution in [0.15, 0.2) is 46.6 Å². The first kappa shape index (κ1) is 22.6. The molecule has 6 heteroatoms. The molecule has 0 radical (unpaired) electrons. The molecule has 1 amide bonds. The monoisotopic (exact) mass is 473 g/mol. The first-order valence-corrected chi connectivity index (χ1v) is 11.1. The predicted octanol–water partition coefficient (Wildman–Crippen LogP) is 5.24. The standard InChI is InChI=1S/C24H32BrN3O2/c1-23(2)14-19(15-24(3,4)28(23)5)27-22(29)21(30-6)9-7-8-18-13-16-12-17(25)10-11-20(16)26-18/h7-13,19,26H,14-15H2,1-6H3,(H,27,29)/b8-7+,21-9-. The fourth-order valence-electron chi connectivity index (χ4n) is 4.42. The number of H-pyrrole nitrogens is 1. The second-order valence-corrected chi connectivity index (χ2v) is 10.2. The highest BCUT2D eigenvalue weighted by Gasteiger charge is 2.43. The van der Waals surface area contributed by atoms with Gasteiger partial charge < -0.3 is 15.0 Å². The molecule has 1 aliphatic heterocycles. The number of nitrogens with one attached hydrogen (secondary N) is 2. The molecule has 0 bridgehead atoms. The minimum Gasteiger partial charge on any atom is -0.491 e. The molecule has 2 N–H and O–H groups in total. The zero-order chi connectivity index (χ0) is 22.1. The number of halogens is 1. The predicted molar refractivity (Wildman–Crippen MR) is 127 cm³/mol. The molecule has 0 aliphatic carbocycles. The maximum atomic E-state index is 12.8. The first-order chi connectivity index (χ1) is 14.0. The number of ether oxygens (including phenoxy) is 1. The van der Waals surface area contributed by atoms with Gasteiger partial charge in [-0.1, -0.05) is 22.0 Å². The van der Waals surface area contributed by atoms with Gasteiger partial charge in [0.05, 0.1) is 7.11 Å². The number of hydrogen-bond acceptors (Lipinski definition) is 3. The van der Waals surface area contributed by atoms with Gasteiger partial charge in [-0.25, -0.2) is 0 Å². The molecule has 1 aromatic carbocycles. The lowest BCUT2D eigenvalue weighted by Gasteiger charge is -2.53. The number of aromatic amines is 1. The highest BCUT2D eigenvalue weighted by atomic mass is 79.9. The Morgan fingerprint density at radius 3 is 2.53 bits per heavy atom. The number of carbonyl (C=O) groups excluding carboxylic acids is 1. The van der Waals surface area contributed by atoms with Crippen molar-refractivity contribution in [1.82, 2.24) is 15.2 Å². The van der Waals surface area contributed by atoms with Gasteiger partial charge in [-0.2, -0.15) is 0 Å². The summed E-state index contributed by atoms with van der Waals surface area (Å²) < 4.78 is 6.41. The highest BCUT2D eigenvalue weighted by Crippen LogP contribution is 2.36. The third-order valence-corrected chi connectivity index (χ3v) is 6.71. The third kappa shape index (κ3) is 4.98. The molecule has 0 atom stereocenters. The maximum Gasteiger partial charge on any atom is 0.286 e. The molecule has 0 saturated carbocycles. The number of methoxy groups -OCH3 is 1. The van der Waals surface area contributed by atoms with Gasteiger partial charge in [0.1, 0.15) is 0 Å². The summed E-state index contributed by atoms with van der Waals surface area (Å²) in [7, 11) is 3.69. The van der Waals surface area contributed by atoms with Crippen molar-refractivity contribution < 1.29 is 9.53 Å². The smallest absolute Gasteiger partial charge is 0.286 e. The van der Waals surface area contributed by atoms with Crippen LogP contribution < -0.4 is 5.32 Å². The molecule has 5 nitrogen and oxygen atoms in total. The molecule has 2 heterocycles. The molecule has 1 aliphatic rings. The van der Waals surface area contributed by atoms with E-state index >= 15 is 0 Å². The van der Waals surface area contributed by atoms with Crippen LogP contribution in [-0.4, -0.2) is 47.1 Å². The molecule has 2 aromatic rings. The summed E-state index contributed by atoms with van der Waals surface area (Å²) >= 11 is 3.49. The molecule has 3 rings (SSSR count). The van der Waals surface area contributed by atoms with Gasteiger partial charge in [0.15, 0.2) is 5.76 Å². The summed E-state index contributed by atoms with van der Waals surface area (Å²) in [6.07, 6.45) is 7.27. The Morgan fingerprint density at radius 2 is 1.90 bits per heavy atom. The van der Waals surface area contributed by atoms with Gasteiger partial charge in [0.25, 0.3) is 5.91 Å². The molecule has 162 valence electrons. The van der Waals surface area contributed by atoms with Gasteiger partial charge in [0, 0.05) is 38.2 Å². The van der Waals surface area contributed by atoms with Crippen molar-refractivity contribution in [1.29, 1.82) is 0 Å². The Hall–Kier alpha value is -2.05. The zero-order valence-electron chi connectivity index (χ0n) is 18.7. The number of nitrogens with zero attached hydrogens (tertiary/aromatic N) is 1. The van der Waals surface area contributed by atoms with Gasteiger partial charge in [-0.15, -0.1) is 0 Å². The summed E-state index contributed by atoms with van der Waals surface area (Å²) in [5.41, 5.74) is 2.07. The van der Waals surface area contributed by atoms with Crippen molar-refractivity contribution in [2.45, 2.75) is 57.7 Å². The summed E-state index contributed by atoms with van der Waals surface area (Å²) in [6, 6.07) is 8.28. The lowest BCUT2D eigenvalue weighted by Crippen LogP contribution is -2.62. The molecule has 1 fully saturated rings. The first-order valence-electron chi connectivity index (χ1n) is 10.3. The van der Waals surface area contributed by atoms with E-state index in [0.29, 0.717) is 5.76 Å². The second kappa shape index (κ2) is 8.60. The van der Waals surface area contributed by atoms with Crippen LogP contribution in [-0.2, 0) is 9.53 Å². The molecule has 30 heavy (non-hydrogen) atoms. The highest BCUT2D eigenvalue weighted by molar-refractivity contribution is 9.10. The fourth-order valence-corrected chi connectivity index (χ4v) is 4.80. The third-order valence-electron chi connectivity index (χ3n) is 6.21. The van der Waals surface area contributed by atoms with Crippen molar-refractivity contribution in [3.05, 3.63) is 52.3 Å². The van der Waals surface area contributed by atoms with Crippen LogP contribution in [0.1, 0.15) is 46.2 Å². The second-order valence-electron chi connectivity index (χ2n) is 9.31. The Labute approximate surface area is 187 Å². The van der Waals surface area contributed by atoms with Crippen molar-refractivity contribution in [2.75, 3.05) is 14.2 Å². The number of carbonyl (C=O) groups is 1. The van der Waals surface area contributed by atoms with Crippen LogP contribution in [0.5, 0.6) is 0 Å². The minimum atomic E-state index is -0.177. The van der Waals surface area contributed by atoms with Gasteiger partial charge >= 0.3 is 0 Å². The number of hydrogen-bond donors (Lipinski definition) is 2. The number of benzene rings is 1. The molecule has 0 unspecified atom stereocenters. The normalized spacial score (nSPS) is 20.0. The lowest BCUT2D eigenvalue weighted by molar-refractivity contribution is -0.122. The van der Waals surface area contributed by atoms with Crippen molar-refractivity contribution in [3.63, 3.8) is 0 Å². The van der Waals surface area contributed by atoms with Crippen LogP contribution in [0.2, 0.25) is 0 Å². The van der Waals surface area contributed by atoms with E-state index in [9.17, 15) is 4.79 Å². The van der Waals surface area contributed by atoms with E-state index in [1.165, 1.54) is 7.11 Å². The van der Waals surface area contributed by atoms with Crippen LogP contribution in [0.25, 0.3) is 17.0 Å². The van der Waals surface area contributed by atoms with Gasteiger partial charge in [-0.3, -0.25) is 9.69 Å². The number of likely N-dealkylation sites (tertiary alicyclic amines) is 1. The van der Waals surface area contributed by atoms with E-state index in [0.717, 1.165) is 33.9 Å². The van der Waals surface area contributed by atoms with E-state index < -0.39 is 0 Å². The number of aromatic nitrogens is 1. The Morgan fingerprint density at radius 1 is 1.23 bits per heavy atom. The Kier molecular flexibility index (Phi) is 6.48. The number of fused-ring (bicyclic) bond motifs is 1. The number of allylic oxidation sites excluding steroid dienone is 2. The number of rotatable bonds is 5. The lowest BCUT2D eigenvalue weighted by atomic mass is 9.77. The van der Waals surface area contributed by atoms with Crippen LogP contribution in [0.4, 0.5) is 0 Å². The van der Waals surface area contributed by atoms with Crippen molar-refractivity contribution in [2.24, 2.45) is 0 Å². The van der Waals surface area contributed by atoms with Gasteiger partial charge in [-0.05, 0) is 84.0 Å². The quantitative estimate of drug-likeness (QED) is 0.354. The fraction of sp³-hybridized carbons (Fsp3) is 0.458. The number of piperidine rings is 1. The molecular formula is C24H32BrN3O2. The van der Waals surface area contributed by atoms with E-state index in [4.69, 9.17) is 4.74 Å². The average molecular weight is 474 g/mol. The van der Waals surface area contributed by atoms with E-state index in [1.807, 2.05) is 24.3 Å². The average Bonchev–Trinajstić information content (AvgIpc) is 3.04. The van der Waals surface area contributed by atoms with Gasteiger partial charge in [0.2, 0.25) is 0 Å². The molecule has 1 aromatic heterocycles. The SMILES string of the molecule is CO/C(=C\C=C\c1cc2cc(Br)ccc2[nH]1)C(=O)NC1CC(C)(C)N(C)C(C)(C)C1. The van der Waals surface area contributed by atoms with E-state index in [1.54, 1.807) is 6.08 Å². The Balaban J connectivity index is 1.69. The molecule has 1 saturated heterocycles. The van der Waals surface area contributed by atoms with E-state index in [-0.39, 0.29) is 23.0 Å². The van der Waals surface area contributed by atoms with Crippen LogP contribution >= 0.6 is 15.9 Å². The number of amides is 1. The summed E-state index contributed by atoms with van der Waals surface area (Å²) in [6.45, 7) is 8.90. The van der Waals surface area contributed by atoms with E-state index in [2.05, 4.69) is 78.0 Å². The molecular weight excluding hydrogens is 442 g/mol. The van der Waals surface area contributed by atoms with Crippen LogP contribution in [0.3, 0.4) is 0 Å². The summed E-state index contributed by atoms with van der Waals surface area (Å²) in [4.78, 5) is 18.6. The summed E-state index contributed by atoms with van der Waals surface area (Å²) in [5, 5.41) is 4.30. The maximum absolute atomic E-state index is 12.8. The topological polar surface area (TPSA) is 57.4 Å².